The number of carbonyl (C=O) groups is 1. The molecule has 1 saturated heterocycles. The lowest BCUT2D eigenvalue weighted by molar-refractivity contribution is -0.131. The number of carbonyl (C=O) groups excluding carboxylic acids is 1. The van der Waals surface area contributed by atoms with Crippen molar-refractivity contribution in [2.24, 2.45) is 0 Å². The maximum Gasteiger partial charge on any atom is 0.187 e. The summed E-state index contributed by atoms with van der Waals surface area (Å²) in [4.78, 5) is 16.4. The normalized spacial score (nSPS) is 29.0. The lowest BCUT2D eigenvalue weighted by Gasteiger charge is -2.14. The van der Waals surface area contributed by atoms with Crippen LogP contribution in [0.5, 0.6) is 0 Å². The first-order valence-electron chi connectivity index (χ1n) is 3.36. The van der Waals surface area contributed by atoms with Gasteiger partial charge >= 0.3 is 0 Å². The molecule has 0 radical (unpaired) electrons. The van der Waals surface area contributed by atoms with Gasteiger partial charge in [0.15, 0.2) is 5.78 Å². The molecule has 0 saturated carbocycles. The Morgan fingerprint density at radius 2 is 1.80 bits per heavy atom. The lowest BCUT2D eigenvalue weighted by atomic mass is 9.90. The van der Waals surface area contributed by atoms with E-state index in [2.05, 4.69) is 5.48 Å². The minimum Gasteiger partial charge on any atom is -0.294 e. The molecule has 0 unspecified atom stereocenters. The summed E-state index contributed by atoms with van der Waals surface area (Å²) in [5.41, 5.74) is 1.50. The van der Waals surface area contributed by atoms with E-state index < -0.39 is 11.1 Å². The van der Waals surface area contributed by atoms with Gasteiger partial charge in [-0.1, -0.05) is 0 Å². The molecule has 10 heavy (non-hydrogen) atoms. The van der Waals surface area contributed by atoms with E-state index in [1.807, 2.05) is 13.8 Å². The standard InChI is InChI=1S/C7H13NO2/c1-6(2)5(9)7(3,4)10-8-6/h8H,1-4H3. The van der Waals surface area contributed by atoms with Gasteiger partial charge < -0.3 is 0 Å². The summed E-state index contributed by atoms with van der Waals surface area (Å²) in [5.74, 6) is 0.0972. The van der Waals surface area contributed by atoms with E-state index in [-0.39, 0.29) is 5.78 Å². The van der Waals surface area contributed by atoms with Crippen LogP contribution in [0.25, 0.3) is 0 Å². The fourth-order valence-corrected chi connectivity index (χ4v) is 1.10. The highest BCUT2D eigenvalue weighted by atomic mass is 16.7. The van der Waals surface area contributed by atoms with E-state index in [1.54, 1.807) is 13.8 Å². The van der Waals surface area contributed by atoms with Gasteiger partial charge in [-0.3, -0.25) is 9.63 Å². The largest absolute Gasteiger partial charge is 0.294 e. The van der Waals surface area contributed by atoms with Crippen LogP contribution in [0.1, 0.15) is 27.7 Å². The molecule has 0 aromatic carbocycles. The van der Waals surface area contributed by atoms with Gasteiger partial charge in [-0.25, -0.2) is 0 Å². The fraction of sp³-hybridized carbons (Fsp3) is 0.857. The molecule has 1 aliphatic rings. The highest BCUT2D eigenvalue weighted by Gasteiger charge is 2.47. The molecule has 1 fully saturated rings. The van der Waals surface area contributed by atoms with Gasteiger partial charge in [-0.2, -0.15) is 5.48 Å². The number of hydrogen-bond acceptors (Lipinski definition) is 3. The molecule has 1 aliphatic heterocycles. The Morgan fingerprint density at radius 3 is 1.90 bits per heavy atom. The van der Waals surface area contributed by atoms with Crippen molar-refractivity contribution in [3.8, 4) is 0 Å². The molecular weight excluding hydrogens is 130 g/mol. The van der Waals surface area contributed by atoms with Crippen LogP contribution in [0.2, 0.25) is 0 Å². The Morgan fingerprint density at radius 1 is 1.30 bits per heavy atom. The van der Waals surface area contributed by atoms with Crippen LogP contribution in [0, 0.1) is 0 Å². The van der Waals surface area contributed by atoms with Crippen LogP contribution >= 0.6 is 0 Å². The van der Waals surface area contributed by atoms with E-state index in [4.69, 9.17) is 4.84 Å². The van der Waals surface area contributed by atoms with Crippen molar-refractivity contribution >= 4 is 5.78 Å². The zero-order valence-electron chi connectivity index (χ0n) is 6.82. The monoisotopic (exact) mass is 143 g/mol. The van der Waals surface area contributed by atoms with Crippen LogP contribution in [-0.2, 0) is 9.63 Å². The highest BCUT2D eigenvalue weighted by molar-refractivity contribution is 5.95. The molecule has 58 valence electrons. The molecular formula is C7H13NO2. The number of hydrogen-bond donors (Lipinski definition) is 1. The maximum absolute atomic E-state index is 11.4. The van der Waals surface area contributed by atoms with Crippen LogP contribution in [0.3, 0.4) is 0 Å². The molecule has 0 aromatic heterocycles. The van der Waals surface area contributed by atoms with E-state index >= 15 is 0 Å². The molecule has 1 rings (SSSR count). The van der Waals surface area contributed by atoms with Crippen molar-refractivity contribution in [2.45, 2.75) is 38.8 Å². The third-order valence-electron chi connectivity index (χ3n) is 1.68. The minimum atomic E-state index is -0.663. The zero-order valence-corrected chi connectivity index (χ0v) is 6.82. The van der Waals surface area contributed by atoms with E-state index in [1.165, 1.54) is 0 Å². The smallest absolute Gasteiger partial charge is 0.187 e. The van der Waals surface area contributed by atoms with Crippen molar-refractivity contribution in [2.75, 3.05) is 0 Å². The first-order chi connectivity index (χ1) is 4.36. The van der Waals surface area contributed by atoms with Crippen LogP contribution in [-0.4, -0.2) is 16.9 Å². The van der Waals surface area contributed by atoms with Gasteiger partial charge in [0, 0.05) is 0 Å². The first kappa shape index (κ1) is 7.69. The summed E-state index contributed by atoms with van der Waals surface area (Å²) in [7, 11) is 0. The zero-order chi connectivity index (χ0) is 7.99. The molecule has 0 spiro atoms. The molecule has 0 aliphatic carbocycles. The van der Waals surface area contributed by atoms with Crippen molar-refractivity contribution in [3.05, 3.63) is 0 Å². The van der Waals surface area contributed by atoms with Gasteiger partial charge in [0.1, 0.15) is 5.60 Å². The Bertz CT molecular complexity index is 154. The number of nitrogens with one attached hydrogen (secondary N) is 1. The molecule has 0 amide bonds. The predicted octanol–water partition coefficient (Wildman–Crippen LogP) is 0.647. The fourth-order valence-electron chi connectivity index (χ4n) is 1.10. The van der Waals surface area contributed by atoms with Gasteiger partial charge in [0.25, 0.3) is 0 Å². The summed E-state index contributed by atoms with van der Waals surface area (Å²) < 4.78 is 0. The van der Waals surface area contributed by atoms with Crippen molar-refractivity contribution < 1.29 is 9.63 Å². The summed E-state index contributed by atoms with van der Waals surface area (Å²) in [6.07, 6.45) is 0. The molecule has 0 aromatic rings. The summed E-state index contributed by atoms with van der Waals surface area (Å²) in [6, 6.07) is 0. The van der Waals surface area contributed by atoms with E-state index in [0.717, 1.165) is 0 Å². The van der Waals surface area contributed by atoms with Gasteiger partial charge in [-0.15, -0.1) is 0 Å². The van der Waals surface area contributed by atoms with Crippen LogP contribution < -0.4 is 5.48 Å². The van der Waals surface area contributed by atoms with Crippen molar-refractivity contribution in [1.82, 2.24) is 5.48 Å². The molecule has 0 atom stereocenters. The molecule has 1 heterocycles. The number of hydroxylamine groups is 1. The summed E-state index contributed by atoms with van der Waals surface area (Å²) >= 11 is 0. The quantitative estimate of drug-likeness (QED) is 0.541. The average Bonchev–Trinajstić information content (AvgIpc) is 1.95. The Balaban J connectivity index is 2.88. The lowest BCUT2D eigenvalue weighted by Crippen LogP contribution is -2.41. The molecule has 0 bridgehead atoms. The summed E-state index contributed by atoms with van der Waals surface area (Å²) in [5, 5.41) is 0. The third kappa shape index (κ3) is 0.954. The molecule has 3 heteroatoms. The topological polar surface area (TPSA) is 38.3 Å². The average molecular weight is 143 g/mol. The van der Waals surface area contributed by atoms with Crippen LogP contribution in [0.15, 0.2) is 0 Å². The van der Waals surface area contributed by atoms with E-state index in [0.29, 0.717) is 0 Å². The van der Waals surface area contributed by atoms with Gasteiger partial charge in [0.2, 0.25) is 0 Å². The highest BCUT2D eigenvalue weighted by Crippen LogP contribution is 2.25. The predicted molar refractivity (Wildman–Crippen MR) is 37.4 cm³/mol. The molecule has 3 nitrogen and oxygen atoms in total. The van der Waals surface area contributed by atoms with Gasteiger partial charge in [0.05, 0.1) is 5.54 Å². The Kier molecular flexibility index (Phi) is 1.38. The second kappa shape index (κ2) is 1.80. The summed E-state index contributed by atoms with van der Waals surface area (Å²) in [6.45, 7) is 7.14. The van der Waals surface area contributed by atoms with E-state index in [9.17, 15) is 4.79 Å². The van der Waals surface area contributed by atoms with Crippen molar-refractivity contribution in [1.29, 1.82) is 0 Å². The first-order valence-corrected chi connectivity index (χ1v) is 3.36. The second-order valence-electron chi connectivity index (χ2n) is 3.67. The number of Topliss-reactive ketones (excluding diaryl/α,β-unsaturated/α-hetero) is 1. The minimum absolute atomic E-state index is 0.0972. The third-order valence-corrected chi connectivity index (χ3v) is 1.68. The second-order valence-corrected chi connectivity index (χ2v) is 3.67. The van der Waals surface area contributed by atoms with Crippen LogP contribution in [0.4, 0.5) is 0 Å². The number of rotatable bonds is 0. The Labute approximate surface area is 60.7 Å². The Hall–Kier alpha value is -0.410. The number of ketones is 1. The van der Waals surface area contributed by atoms with Crippen molar-refractivity contribution in [3.63, 3.8) is 0 Å². The van der Waals surface area contributed by atoms with Gasteiger partial charge in [-0.05, 0) is 27.7 Å². The SMILES string of the molecule is CC1(C)NOC(C)(C)C1=O. The molecule has 1 N–H and O–H groups in total. The maximum atomic E-state index is 11.4.